The summed E-state index contributed by atoms with van der Waals surface area (Å²) < 4.78 is 6.12. The van der Waals surface area contributed by atoms with Gasteiger partial charge in [0, 0.05) is 18.0 Å². The fraction of sp³-hybridized carbons (Fsp3) is 0.684. The lowest BCUT2D eigenvalue weighted by Crippen LogP contribution is -2.42. The van der Waals surface area contributed by atoms with E-state index in [0.717, 1.165) is 19.4 Å². The molecular formula is C19H31NO. The van der Waals surface area contributed by atoms with Crippen LogP contribution < -0.4 is 5.32 Å². The molecular weight excluding hydrogens is 258 g/mol. The van der Waals surface area contributed by atoms with Crippen LogP contribution in [0.5, 0.6) is 0 Å². The first-order chi connectivity index (χ1) is 10.1. The van der Waals surface area contributed by atoms with Crippen molar-refractivity contribution in [2.75, 3.05) is 6.54 Å². The predicted octanol–water partition coefficient (Wildman–Crippen LogP) is 4.29. The Balaban J connectivity index is 2.19. The third-order valence-corrected chi connectivity index (χ3v) is 4.85. The lowest BCUT2D eigenvalue weighted by atomic mass is 9.73. The van der Waals surface area contributed by atoms with Gasteiger partial charge in [0.25, 0.3) is 0 Å². The molecule has 2 rings (SSSR count). The molecule has 0 saturated carbocycles. The van der Waals surface area contributed by atoms with Gasteiger partial charge in [0.2, 0.25) is 0 Å². The van der Waals surface area contributed by atoms with Crippen LogP contribution in [0.2, 0.25) is 0 Å². The molecule has 3 unspecified atom stereocenters. The van der Waals surface area contributed by atoms with Crippen LogP contribution in [0.15, 0.2) is 30.3 Å². The van der Waals surface area contributed by atoms with Crippen molar-refractivity contribution in [2.24, 2.45) is 0 Å². The van der Waals surface area contributed by atoms with Gasteiger partial charge < -0.3 is 10.1 Å². The molecule has 0 aliphatic carbocycles. The summed E-state index contributed by atoms with van der Waals surface area (Å²) in [6.07, 6.45) is 5.52. The smallest absolute Gasteiger partial charge is 0.0588 e. The summed E-state index contributed by atoms with van der Waals surface area (Å²) in [5.74, 6) is 0. The van der Waals surface area contributed by atoms with Gasteiger partial charge in [0.1, 0.15) is 0 Å². The van der Waals surface area contributed by atoms with Gasteiger partial charge >= 0.3 is 0 Å². The number of nitrogens with one attached hydrogen (secondary N) is 1. The number of ether oxygens (including phenoxy) is 1. The molecule has 1 fully saturated rings. The second kappa shape index (κ2) is 7.42. The molecule has 1 aliphatic heterocycles. The number of hydrogen-bond acceptors (Lipinski definition) is 2. The van der Waals surface area contributed by atoms with E-state index in [9.17, 15) is 0 Å². The van der Waals surface area contributed by atoms with E-state index in [1.807, 2.05) is 0 Å². The SMILES string of the molecule is CCC(CNC(C)C)(CC1CCC(C)O1)c1ccccc1. The Morgan fingerprint density at radius 3 is 2.48 bits per heavy atom. The van der Waals surface area contributed by atoms with E-state index in [4.69, 9.17) is 4.74 Å². The van der Waals surface area contributed by atoms with Crippen molar-refractivity contribution >= 4 is 0 Å². The van der Waals surface area contributed by atoms with Gasteiger partial charge in [-0.05, 0) is 38.2 Å². The maximum Gasteiger partial charge on any atom is 0.0588 e. The quantitative estimate of drug-likeness (QED) is 0.808. The first-order valence-electron chi connectivity index (χ1n) is 8.50. The Bertz CT molecular complexity index is 417. The number of rotatable bonds is 7. The summed E-state index contributed by atoms with van der Waals surface area (Å²) in [4.78, 5) is 0. The van der Waals surface area contributed by atoms with Crippen molar-refractivity contribution in [3.63, 3.8) is 0 Å². The van der Waals surface area contributed by atoms with E-state index in [1.165, 1.54) is 18.4 Å². The molecule has 1 aliphatic rings. The monoisotopic (exact) mass is 289 g/mol. The Morgan fingerprint density at radius 2 is 1.95 bits per heavy atom. The van der Waals surface area contributed by atoms with E-state index >= 15 is 0 Å². The molecule has 0 amide bonds. The van der Waals surface area contributed by atoms with Crippen LogP contribution in [0, 0.1) is 0 Å². The zero-order valence-corrected chi connectivity index (χ0v) is 14.1. The van der Waals surface area contributed by atoms with Gasteiger partial charge in [-0.25, -0.2) is 0 Å². The highest BCUT2D eigenvalue weighted by Gasteiger charge is 2.36. The van der Waals surface area contributed by atoms with Crippen molar-refractivity contribution in [2.45, 2.75) is 77.0 Å². The minimum Gasteiger partial charge on any atom is -0.375 e. The maximum absolute atomic E-state index is 6.12. The molecule has 3 atom stereocenters. The van der Waals surface area contributed by atoms with Gasteiger partial charge in [-0.2, -0.15) is 0 Å². The normalized spacial score (nSPS) is 25.2. The summed E-state index contributed by atoms with van der Waals surface area (Å²) >= 11 is 0. The maximum atomic E-state index is 6.12. The van der Waals surface area contributed by atoms with Crippen LogP contribution in [0.3, 0.4) is 0 Å². The average Bonchev–Trinajstić information content (AvgIpc) is 2.89. The fourth-order valence-electron chi connectivity index (χ4n) is 3.43. The average molecular weight is 289 g/mol. The predicted molar refractivity (Wildman–Crippen MR) is 89.7 cm³/mol. The molecule has 1 aromatic rings. The van der Waals surface area contributed by atoms with Crippen LogP contribution in [0.4, 0.5) is 0 Å². The second-order valence-electron chi connectivity index (χ2n) is 6.89. The Morgan fingerprint density at radius 1 is 1.24 bits per heavy atom. The highest BCUT2D eigenvalue weighted by molar-refractivity contribution is 5.26. The van der Waals surface area contributed by atoms with Crippen molar-refractivity contribution in [1.29, 1.82) is 0 Å². The first kappa shape index (κ1) is 16.5. The molecule has 1 N–H and O–H groups in total. The highest BCUT2D eigenvalue weighted by Crippen LogP contribution is 2.36. The van der Waals surface area contributed by atoms with Crippen LogP contribution in [0.25, 0.3) is 0 Å². The van der Waals surface area contributed by atoms with Crippen molar-refractivity contribution < 1.29 is 4.74 Å². The van der Waals surface area contributed by atoms with Gasteiger partial charge in [0.15, 0.2) is 0 Å². The summed E-state index contributed by atoms with van der Waals surface area (Å²) in [5, 5.41) is 3.67. The summed E-state index contributed by atoms with van der Waals surface area (Å²) in [6, 6.07) is 11.5. The molecule has 1 heterocycles. The third-order valence-electron chi connectivity index (χ3n) is 4.85. The molecule has 0 radical (unpaired) electrons. The van der Waals surface area contributed by atoms with Crippen molar-refractivity contribution in [3.8, 4) is 0 Å². The van der Waals surface area contributed by atoms with Gasteiger partial charge in [-0.3, -0.25) is 0 Å². The largest absolute Gasteiger partial charge is 0.375 e. The van der Waals surface area contributed by atoms with Crippen LogP contribution in [0.1, 0.15) is 58.9 Å². The minimum absolute atomic E-state index is 0.181. The van der Waals surface area contributed by atoms with Gasteiger partial charge in [-0.1, -0.05) is 51.1 Å². The number of benzene rings is 1. The third kappa shape index (κ3) is 4.31. The lowest BCUT2D eigenvalue weighted by Gasteiger charge is -2.36. The number of hydrogen-bond donors (Lipinski definition) is 1. The van der Waals surface area contributed by atoms with Crippen molar-refractivity contribution in [3.05, 3.63) is 35.9 Å². The molecule has 0 aromatic heterocycles. The summed E-state index contributed by atoms with van der Waals surface area (Å²) in [7, 11) is 0. The topological polar surface area (TPSA) is 21.3 Å². The molecule has 0 bridgehead atoms. The van der Waals surface area contributed by atoms with E-state index in [2.05, 4.69) is 63.3 Å². The second-order valence-corrected chi connectivity index (χ2v) is 6.89. The van der Waals surface area contributed by atoms with Crippen LogP contribution in [-0.4, -0.2) is 24.8 Å². The fourth-order valence-corrected chi connectivity index (χ4v) is 3.43. The summed E-state index contributed by atoms with van der Waals surface area (Å²) in [6.45, 7) is 9.98. The molecule has 0 spiro atoms. The molecule has 21 heavy (non-hydrogen) atoms. The van der Waals surface area contributed by atoms with E-state index in [1.54, 1.807) is 0 Å². The highest BCUT2D eigenvalue weighted by atomic mass is 16.5. The van der Waals surface area contributed by atoms with E-state index in [-0.39, 0.29) is 5.41 Å². The standard InChI is InChI=1S/C19H31NO/c1-5-19(14-20-15(2)3,17-9-7-6-8-10-17)13-18-12-11-16(4)21-18/h6-10,15-16,18,20H,5,11-14H2,1-4H3. The zero-order valence-electron chi connectivity index (χ0n) is 14.1. The zero-order chi connectivity index (χ0) is 15.3. The molecule has 1 aromatic carbocycles. The molecule has 2 heteroatoms. The van der Waals surface area contributed by atoms with Gasteiger partial charge in [0.05, 0.1) is 12.2 Å². The van der Waals surface area contributed by atoms with Crippen molar-refractivity contribution in [1.82, 2.24) is 5.32 Å². The Labute approximate surface area is 130 Å². The first-order valence-corrected chi connectivity index (χ1v) is 8.50. The van der Waals surface area contributed by atoms with Crippen LogP contribution in [-0.2, 0) is 10.2 Å². The molecule has 2 nitrogen and oxygen atoms in total. The van der Waals surface area contributed by atoms with Gasteiger partial charge in [-0.15, -0.1) is 0 Å². The lowest BCUT2D eigenvalue weighted by molar-refractivity contribution is 0.0344. The van der Waals surface area contributed by atoms with E-state index in [0.29, 0.717) is 18.2 Å². The Kier molecular flexibility index (Phi) is 5.83. The van der Waals surface area contributed by atoms with E-state index < -0.39 is 0 Å². The minimum atomic E-state index is 0.181. The summed E-state index contributed by atoms with van der Waals surface area (Å²) in [5.41, 5.74) is 1.63. The molecule has 118 valence electrons. The Hall–Kier alpha value is -0.860. The van der Waals surface area contributed by atoms with Crippen LogP contribution >= 0.6 is 0 Å². The molecule has 1 saturated heterocycles.